The zero-order valence-electron chi connectivity index (χ0n) is 17.0. The van der Waals surface area contributed by atoms with Gasteiger partial charge in [0.1, 0.15) is 21.6 Å². The molecular formula is C22H27F2N3OS. The highest BCUT2D eigenvalue weighted by Crippen LogP contribution is 2.55. The Kier molecular flexibility index (Phi) is 6.58. The summed E-state index contributed by atoms with van der Waals surface area (Å²) in [7, 11) is 0. The zero-order valence-corrected chi connectivity index (χ0v) is 17.9. The Labute approximate surface area is 174 Å². The topological polar surface area (TPSA) is 58.7 Å². The van der Waals surface area contributed by atoms with E-state index in [9.17, 15) is 13.6 Å². The van der Waals surface area contributed by atoms with Gasteiger partial charge in [0.25, 0.3) is 0 Å². The van der Waals surface area contributed by atoms with E-state index in [1.807, 2.05) is 31.2 Å². The van der Waals surface area contributed by atoms with Gasteiger partial charge in [0.2, 0.25) is 5.91 Å². The van der Waals surface area contributed by atoms with E-state index in [0.29, 0.717) is 18.0 Å². The van der Waals surface area contributed by atoms with Gasteiger partial charge >= 0.3 is 0 Å². The first kappa shape index (κ1) is 21.7. The molecule has 2 aliphatic rings. The van der Waals surface area contributed by atoms with Crippen molar-refractivity contribution in [1.82, 2.24) is 5.01 Å². The van der Waals surface area contributed by atoms with Crippen LogP contribution in [0.5, 0.6) is 0 Å². The van der Waals surface area contributed by atoms with Crippen LogP contribution in [0.4, 0.5) is 8.78 Å². The lowest BCUT2D eigenvalue weighted by Crippen LogP contribution is -2.47. The lowest BCUT2D eigenvalue weighted by Gasteiger charge is -2.42. The average Bonchev–Trinajstić information content (AvgIpc) is 3.09. The first-order valence-corrected chi connectivity index (χ1v) is 10.8. The van der Waals surface area contributed by atoms with Gasteiger partial charge in [0, 0.05) is 25.3 Å². The van der Waals surface area contributed by atoms with Gasteiger partial charge in [-0.25, -0.2) is 13.8 Å². The summed E-state index contributed by atoms with van der Waals surface area (Å²) in [4.78, 5) is 11.9. The van der Waals surface area contributed by atoms with E-state index < -0.39 is 10.7 Å². The SMILES string of the molecule is CCC(CCN)C1(c2ccccc2C)SC(C2=C(F)CCC(F)=C2)=NN1C(C)=O. The molecule has 0 aromatic heterocycles. The highest BCUT2D eigenvalue weighted by Gasteiger charge is 2.53. The number of allylic oxidation sites excluding steroid dienone is 3. The molecule has 1 heterocycles. The van der Waals surface area contributed by atoms with Gasteiger partial charge in [-0.3, -0.25) is 4.79 Å². The second kappa shape index (κ2) is 8.79. The summed E-state index contributed by atoms with van der Waals surface area (Å²) in [6.07, 6.45) is 2.71. The number of hydrazone groups is 1. The Morgan fingerprint density at radius 3 is 2.69 bits per heavy atom. The molecule has 29 heavy (non-hydrogen) atoms. The van der Waals surface area contributed by atoms with Crippen LogP contribution in [-0.2, 0) is 9.67 Å². The third-order valence-electron chi connectivity index (χ3n) is 5.56. The lowest BCUT2D eigenvalue weighted by molar-refractivity contribution is -0.133. The smallest absolute Gasteiger partial charge is 0.241 e. The van der Waals surface area contributed by atoms with Crippen molar-refractivity contribution in [3.63, 3.8) is 0 Å². The summed E-state index contributed by atoms with van der Waals surface area (Å²) in [5, 5.41) is 6.33. The Bertz CT molecular complexity index is 896. The van der Waals surface area contributed by atoms with Crippen molar-refractivity contribution in [2.45, 2.75) is 51.3 Å². The largest absolute Gasteiger partial charge is 0.330 e. The molecule has 1 aromatic carbocycles. The van der Waals surface area contributed by atoms with Crippen LogP contribution in [0.25, 0.3) is 0 Å². The Morgan fingerprint density at radius 2 is 2.07 bits per heavy atom. The third-order valence-corrected chi connectivity index (χ3v) is 7.09. The zero-order chi connectivity index (χ0) is 21.2. The number of halogens is 2. The number of nitrogens with two attached hydrogens (primary N) is 1. The molecule has 0 radical (unpaired) electrons. The maximum atomic E-state index is 14.6. The summed E-state index contributed by atoms with van der Waals surface area (Å²) in [6, 6.07) is 7.84. The average molecular weight is 420 g/mol. The first-order valence-electron chi connectivity index (χ1n) is 9.94. The normalized spacial score (nSPS) is 23.2. The minimum atomic E-state index is -0.852. The Hall–Kier alpha value is -1.99. The number of hydrogen-bond acceptors (Lipinski definition) is 4. The van der Waals surface area contributed by atoms with E-state index >= 15 is 0 Å². The van der Waals surface area contributed by atoms with Gasteiger partial charge in [-0.1, -0.05) is 43.0 Å². The number of thioether (sulfide) groups is 1. The first-order chi connectivity index (χ1) is 13.8. The molecule has 156 valence electrons. The molecule has 4 nitrogen and oxygen atoms in total. The molecule has 2 unspecified atom stereocenters. The molecular weight excluding hydrogens is 392 g/mol. The van der Waals surface area contributed by atoms with E-state index in [0.717, 1.165) is 17.5 Å². The van der Waals surface area contributed by atoms with Gasteiger partial charge in [-0.05, 0) is 49.4 Å². The number of benzene rings is 1. The standard InChI is InChI=1S/C22H27F2N3OS/c1-4-16(11-12-25)22(19-8-6-5-7-14(19)2)27(15(3)28)26-21(29-22)18-13-17(23)9-10-20(18)24/h5-8,13,16H,4,9-12,25H2,1-3H3. The summed E-state index contributed by atoms with van der Waals surface area (Å²) < 4.78 is 28.6. The molecule has 1 aliphatic heterocycles. The van der Waals surface area contributed by atoms with E-state index in [4.69, 9.17) is 5.73 Å². The minimum absolute atomic E-state index is 0.00862. The van der Waals surface area contributed by atoms with Crippen molar-refractivity contribution in [3.05, 3.63) is 58.7 Å². The molecule has 0 bridgehead atoms. The number of carbonyl (C=O) groups excluding carboxylic acids is 1. The number of amides is 1. The van der Waals surface area contributed by atoms with Crippen LogP contribution >= 0.6 is 11.8 Å². The monoisotopic (exact) mass is 419 g/mol. The van der Waals surface area contributed by atoms with Crippen molar-refractivity contribution in [2.24, 2.45) is 16.8 Å². The van der Waals surface area contributed by atoms with Gasteiger partial charge in [-0.2, -0.15) is 5.10 Å². The second-order valence-corrected chi connectivity index (χ2v) is 8.65. The van der Waals surface area contributed by atoms with Gasteiger partial charge < -0.3 is 5.73 Å². The summed E-state index contributed by atoms with van der Waals surface area (Å²) in [6.45, 7) is 5.96. The van der Waals surface area contributed by atoms with Crippen molar-refractivity contribution >= 4 is 22.7 Å². The molecule has 0 saturated heterocycles. The Balaban J connectivity index is 2.21. The van der Waals surface area contributed by atoms with Crippen LogP contribution < -0.4 is 5.73 Å². The van der Waals surface area contributed by atoms with Gasteiger partial charge in [-0.15, -0.1) is 0 Å². The summed E-state index contributed by atoms with van der Waals surface area (Å²) in [5.41, 5.74) is 8.01. The van der Waals surface area contributed by atoms with Crippen LogP contribution in [0.2, 0.25) is 0 Å². The van der Waals surface area contributed by atoms with E-state index in [1.54, 1.807) is 0 Å². The fourth-order valence-electron chi connectivity index (χ4n) is 4.14. The second-order valence-electron chi connectivity index (χ2n) is 7.44. The van der Waals surface area contributed by atoms with E-state index in [2.05, 4.69) is 12.0 Å². The van der Waals surface area contributed by atoms with E-state index in [-0.39, 0.29) is 36.1 Å². The van der Waals surface area contributed by atoms with Crippen LogP contribution in [0.15, 0.2) is 52.7 Å². The van der Waals surface area contributed by atoms with Crippen molar-refractivity contribution in [2.75, 3.05) is 6.54 Å². The van der Waals surface area contributed by atoms with Crippen LogP contribution in [0, 0.1) is 12.8 Å². The molecule has 1 amide bonds. The van der Waals surface area contributed by atoms with Crippen LogP contribution in [0.3, 0.4) is 0 Å². The minimum Gasteiger partial charge on any atom is -0.330 e. The summed E-state index contributed by atoms with van der Waals surface area (Å²) >= 11 is 1.34. The molecule has 1 aliphatic carbocycles. The fraction of sp³-hybridized carbons (Fsp3) is 0.455. The maximum absolute atomic E-state index is 14.6. The van der Waals surface area contributed by atoms with Crippen LogP contribution in [-0.4, -0.2) is 22.5 Å². The molecule has 7 heteroatoms. The number of rotatable bonds is 6. The predicted molar refractivity (Wildman–Crippen MR) is 114 cm³/mol. The highest BCUT2D eigenvalue weighted by molar-refractivity contribution is 8.15. The quantitative estimate of drug-likeness (QED) is 0.680. The number of nitrogens with zero attached hydrogens (tertiary/aromatic N) is 2. The molecule has 2 N–H and O–H groups in total. The third kappa shape index (κ3) is 3.90. The number of aryl methyl sites for hydroxylation is 1. The van der Waals surface area contributed by atoms with Crippen molar-refractivity contribution in [3.8, 4) is 0 Å². The van der Waals surface area contributed by atoms with Crippen molar-refractivity contribution in [1.29, 1.82) is 0 Å². The maximum Gasteiger partial charge on any atom is 0.241 e. The van der Waals surface area contributed by atoms with Gasteiger partial charge in [0.05, 0.1) is 0 Å². The highest BCUT2D eigenvalue weighted by atomic mass is 32.2. The van der Waals surface area contributed by atoms with Gasteiger partial charge in [0.15, 0.2) is 0 Å². The predicted octanol–water partition coefficient (Wildman–Crippen LogP) is 5.30. The lowest BCUT2D eigenvalue weighted by atomic mass is 9.85. The molecule has 1 aromatic rings. The fourth-order valence-corrected chi connectivity index (χ4v) is 5.88. The van der Waals surface area contributed by atoms with Crippen LogP contribution in [0.1, 0.15) is 50.7 Å². The summed E-state index contributed by atoms with van der Waals surface area (Å²) in [5.74, 6) is -1.02. The van der Waals surface area contributed by atoms with E-state index in [1.165, 1.54) is 29.8 Å². The van der Waals surface area contributed by atoms with Crippen molar-refractivity contribution < 1.29 is 13.6 Å². The molecule has 2 atom stereocenters. The molecule has 0 saturated carbocycles. The molecule has 0 fully saturated rings. The molecule has 0 spiro atoms. The number of carbonyl (C=O) groups is 1. The molecule has 3 rings (SSSR count). The number of hydrogen-bond donors (Lipinski definition) is 1. The Morgan fingerprint density at radius 1 is 1.34 bits per heavy atom.